The van der Waals surface area contributed by atoms with Crippen LogP contribution in [0.1, 0.15) is 49.6 Å². The zero-order valence-electron chi connectivity index (χ0n) is 11.1. The van der Waals surface area contributed by atoms with Gasteiger partial charge in [0, 0.05) is 4.88 Å². The first kappa shape index (κ1) is 13.5. The third kappa shape index (κ3) is 2.58. The summed E-state index contributed by atoms with van der Waals surface area (Å²) in [6.45, 7) is 4.17. The lowest BCUT2D eigenvalue weighted by atomic mass is 9.80. The number of rotatable bonds is 5. The molecule has 1 fully saturated rings. The molecule has 1 heterocycles. The monoisotopic (exact) mass is 267 g/mol. The smallest absolute Gasteiger partial charge is 0.309 e. The number of nitrogens with zero attached hydrogens (tertiary/aromatic N) is 1. The Balaban J connectivity index is 2.04. The summed E-state index contributed by atoms with van der Waals surface area (Å²) >= 11 is 1.65. The predicted molar refractivity (Wildman–Crippen MR) is 72.9 cm³/mol. The average molecular weight is 267 g/mol. The van der Waals surface area contributed by atoms with Gasteiger partial charge < -0.3 is 5.11 Å². The van der Waals surface area contributed by atoms with Gasteiger partial charge in [-0.1, -0.05) is 13.3 Å². The number of carboxylic acid groups (broad SMARTS) is 1. The molecule has 2 unspecified atom stereocenters. The molecule has 4 heteroatoms. The number of thiazole rings is 1. The molecule has 0 aliphatic heterocycles. The Morgan fingerprint density at radius 2 is 2.44 bits per heavy atom. The lowest BCUT2D eigenvalue weighted by Crippen LogP contribution is -2.29. The quantitative estimate of drug-likeness (QED) is 0.885. The molecule has 0 spiro atoms. The Labute approximate surface area is 112 Å². The number of hydrogen-bond donors (Lipinski definition) is 1. The molecule has 18 heavy (non-hydrogen) atoms. The second kappa shape index (κ2) is 5.39. The number of carbonyl (C=O) groups is 1. The number of hydrogen-bond acceptors (Lipinski definition) is 3. The van der Waals surface area contributed by atoms with E-state index in [2.05, 4.69) is 11.9 Å². The third-order valence-corrected chi connectivity index (χ3v) is 5.41. The largest absolute Gasteiger partial charge is 0.481 e. The van der Waals surface area contributed by atoms with E-state index in [1.165, 1.54) is 4.88 Å². The molecule has 0 aromatic carbocycles. The van der Waals surface area contributed by atoms with E-state index < -0.39 is 11.4 Å². The molecular formula is C14H21NO2S. The molecule has 1 saturated carbocycles. The number of aryl methyl sites for hydroxylation is 2. The van der Waals surface area contributed by atoms with Gasteiger partial charge in [0.15, 0.2) is 0 Å². The molecule has 100 valence electrons. The van der Waals surface area contributed by atoms with E-state index in [4.69, 9.17) is 0 Å². The van der Waals surface area contributed by atoms with Crippen LogP contribution in [-0.4, -0.2) is 16.1 Å². The van der Waals surface area contributed by atoms with Crippen LogP contribution in [-0.2, 0) is 11.2 Å². The first-order chi connectivity index (χ1) is 8.57. The average Bonchev–Trinajstić information content (AvgIpc) is 2.94. The van der Waals surface area contributed by atoms with Crippen molar-refractivity contribution >= 4 is 17.3 Å². The second-order valence-corrected chi connectivity index (χ2v) is 6.40. The summed E-state index contributed by atoms with van der Waals surface area (Å²) in [5.41, 5.74) is 2.43. The molecule has 1 aromatic heterocycles. The van der Waals surface area contributed by atoms with Gasteiger partial charge in [0.1, 0.15) is 0 Å². The van der Waals surface area contributed by atoms with E-state index in [0.717, 1.165) is 44.2 Å². The highest BCUT2D eigenvalue weighted by molar-refractivity contribution is 7.09. The van der Waals surface area contributed by atoms with Crippen molar-refractivity contribution in [2.45, 2.75) is 52.4 Å². The normalized spacial score (nSPS) is 27.6. The van der Waals surface area contributed by atoms with Crippen molar-refractivity contribution in [3.8, 4) is 0 Å². The Morgan fingerprint density at radius 3 is 2.94 bits per heavy atom. The van der Waals surface area contributed by atoms with Gasteiger partial charge in [-0.2, -0.15) is 0 Å². The minimum absolute atomic E-state index is 0.475. The molecule has 1 aromatic rings. The minimum atomic E-state index is -0.597. The molecular weight excluding hydrogens is 246 g/mol. The van der Waals surface area contributed by atoms with Crippen LogP contribution >= 0.6 is 11.3 Å². The second-order valence-electron chi connectivity index (χ2n) is 5.46. The van der Waals surface area contributed by atoms with Crippen LogP contribution < -0.4 is 0 Å². The number of aromatic nitrogens is 1. The summed E-state index contributed by atoms with van der Waals surface area (Å²) in [5.74, 6) is 0.00396. The maximum Gasteiger partial charge on any atom is 0.309 e. The topological polar surface area (TPSA) is 50.2 Å². The Hall–Kier alpha value is -0.900. The molecule has 1 aliphatic rings. The molecule has 1 aliphatic carbocycles. The van der Waals surface area contributed by atoms with E-state index in [-0.39, 0.29) is 0 Å². The number of aliphatic carboxylic acids is 1. The maximum absolute atomic E-state index is 11.6. The van der Waals surface area contributed by atoms with Gasteiger partial charge in [0.25, 0.3) is 0 Å². The molecule has 0 bridgehead atoms. The molecule has 0 saturated heterocycles. The summed E-state index contributed by atoms with van der Waals surface area (Å²) < 4.78 is 0. The predicted octanol–water partition coefficient (Wildman–Crippen LogP) is 3.67. The van der Waals surface area contributed by atoms with Crippen molar-refractivity contribution in [2.24, 2.45) is 11.3 Å². The highest BCUT2D eigenvalue weighted by Crippen LogP contribution is 2.46. The molecule has 0 radical (unpaired) electrons. The van der Waals surface area contributed by atoms with Crippen molar-refractivity contribution in [3.63, 3.8) is 0 Å². The van der Waals surface area contributed by atoms with Crippen LogP contribution in [0.2, 0.25) is 0 Å². The van der Waals surface area contributed by atoms with Gasteiger partial charge in [-0.25, -0.2) is 4.98 Å². The zero-order valence-corrected chi connectivity index (χ0v) is 11.9. The van der Waals surface area contributed by atoms with Crippen LogP contribution in [0, 0.1) is 18.3 Å². The zero-order chi connectivity index (χ0) is 13.2. The molecule has 1 N–H and O–H groups in total. The van der Waals surface area contributed by atoms with Gasteiger partial charge in [0.2, 0.25) is 0 Å². The van der Waals surface area contributed by atoms with Crippen LogP contribution in [0.15, 0.2) is 5.51 Å². The summed E-state index contributed by atoms with van der Waals surface area (Å²) in [6, 6.07) is 0. The fourth-order valence-corrected chi connectivity index (χ4v) is 3.81. The van der Waals surface area contributed by atoms with Gasteiger partial charge in [-0.15, -0.1) is 11.3 Å². The highest BCUT2D eigenvalue weighted by atomic mass is 32.1. The lowest BCUT2D eigenvalue weighted by molar-refractivity contribution is -0.149. The van der Waals surface area contributed by atoms with Gasteiger partial charge in [0.05, 0.1) is 16.6 Å². The summed E-state index contributed by atoms with van der Waals surface area (Å²) in [5, 5.41) is 9.56. The van der Waals surface area contributed by atoms with Crippen molar-refractivity contribution in [1.82, 2.24) is 4.98 Å². The van der Waals surface area contributed by atoms with Crippen LogP contribution in [0.5, 0.6) is 0 Å². The highest BCUT2D eigenvalue weighted by Gasteiger charge is 2.44. The molecule has 0 amide bonds. The van der Waals surface area contributed by atoms with E-state index in [1.807, 2.05) is 12.4 Å². The van der Waals surface area contributed by atoms with E-state index in [0.29, 0.717) is 5.92 Å². The Bertz CT molecular complexity index is 429. The van der Waals surface area contributed by atoms with Crippen molar-refractivity contribution in [2.75, 3.05) is 0 Å². The standard InChI is InChI=1S/C14H21NO2S/c1-3-11-4-6-14(8-11,13(16)17)7-5-12-10(2)15-9-18-12/h9,11H,3-8H2,1-2H3,(H,16,17). The Kier molecular flexibility index (Phi) is 4.05. The maximum atomic E-state index is 11.6. The van der Waals surface area contributed by atoms with Crippen molar-refractivity contribution < 1.29 is 9.90 Å². The first-order valence-electron chi connectivity index (χ1n) is 6.70. The first-order valence-corrected chi connectivity index (χ1v) is 7.58. The third-order valence-electron chi connectivity index (χ3n) is 4.42. The van der Waals surface area contributed by atoms with Crippen LogP contribution in [0.3, 0.4) is 0 Å². The molecule has 2 atom stereocenters. The van der Waals surface area contributed by atoms with E-state index >= 15 is 0 Å². The van der Waals surface area contributed by atoms with Crippen molar-refractivity contribution in [1.29, 1.82) is 0 Å². The summed E-state index contributed by atoms with van der Waals surface area (Å²) in [7, 11) is 0. The molecule has 2 rings (SSSR count). The molecule has 3 nitrogen and oxygen atoms in total. The van der Waals surface area contributed by atoms with Gasteiger partial charge in [-0.05, 0) is 44.9 Å². The fourth-order valence-electron chi connectivity index (χ4n) is 3.03. The van der Waals surface area contributed by atoms with Gasteiger partial charge >= 0.3 is 5.97 Å². The minimum Gasteiger partial charge on any atom is -0.481 e. The Morgan fingerprint density at radius 1 is 1.67 bits per heavy atom. The van der Waals surface area contributed by atoms with Crippen LogP contribution in [0.4, 0.5) is 0 Å². The van der Waals surface area contributed by atoms with E-state index in [1.54, 1.807) is 11.3 Å². The fraction of sp³-hybridized carbons (Fsp3) is 0.714. The van der Waals surface area contributed by atoms with Gasteiger partial charge in [-0.3, -0.25) is 4.79 Å². The van der Waals surface area contributed by atoms with Crippen molar-refractivity contribution in [3.05, 3.63) is 16.1 Å². The lowest BCUT2D eigenvalue weighted by Gasteiger charge is -2.24. The summed E-state index contributed by atoms with van der Waals surface area (Å²) in [6.07, 6.45) is 5.51. The van der Waals surface area contributed by atoms with Crippen LogP contribution in [0.25, 0.3) is 0 Å². The number of carboxylic acids is 1. The SMILES string of the molecule is CCC1CCC(CCc2scnc2C)(C(=O)O)C1. The summed E-state index contributed by atoms with van der Waals surface area (Å²) in [4.78, 5) is 17.1. The van der Waals surface area contributed by atoms with E-state index in [9.17, 15) is 9.90 Å².